The van der Waals surface area contributed by atoms with Gasteiger partial charge in [0.15, 0.2) is 15.6 Å². The van der Waals surface area contributed by atoms with E-state index < -0.39 is 15.8 Å². The summed E-state index contributed by atoms with van der Waals surface area (Å²) in [4.78, 5) is 22.9. The van der Waals surface area contributed by atoms with Gasteiger partial charge in [0.2, 0.25) is 0 Å². The molecular formula is C13H16O5S. The van der Waals surface area contributed by atoms with Crippen molar-refractivity contribution in [2.45, 2.75) is 24.7 Å². The van der Waals surface area contributed by atoms with Gasteiger partial charge in [-0.3, -0.25) is 9.59 Å². The van der Waals surface area contributed by atoms with E-state index in [2.05, 4.69) is 4.74 Å². The van der Waals surface area contributed by atoms with Crippen LogP contribution in [0.5, 0.6) is 0 Å². The molecule has 0 aliphatic rings. The topological polar surface area (TPSA) is 77.5 Å². The van der Waals surface area contributed by atoms with Crippen LogP contribution in [-0.4, -0.2) is 33.0 Å². The van der Waals surface area contributed by atoms with E-state index in [1.807, 2.05) is 0 Å². The Bertz CT molecular complexity index is 557. The summed E-state index contributed by atoms with van der Waals surface area (Å²) in [7, 11) is -1.99. The van der Waals surface area contributed by atoms with Crippen LogP contribution in [0, 0.1) is 0 Å². The summed E-state index contributed by atoms with van der Waals surface area (Å²) < 4.78 is 27.6. The van der Waals surface area contributed by atoms with E-state index in [0.717, 1.165) is 0 Å². The summed E-state index contributed by atoms with van der Waals surface area (Å²) in [6.07, 6.45) is 0.0664. The molecule has 0 saturated heterocycles. The normalized spacial score (nSPS) is 11.1. The second-order valence-electron chi connectivity index (χ2n) is 3.93. The van der Waals surface area contributed by atoms with Crippen molar-refractivity contribution in [1.82, 2.24) is 0 Å². The van der Waals surface area contributed by atoms with Gasteiger partial charge in [-0.05, 0) is 12.1 Å². The number of rotatable bonds is 6. The lowest BCUT2D eigenvalue weighted by molar-refractivity contribution is -0.140. The summed E-state index contributed by atoms with van der Waals surface area (Å²) >= 11 is 0. The first-order valence-electron chi connectivity index (χ1n) is 5.83. The minimum absolute atomic E-state index is 0.0165. The Balaban J connectivity index is 2.77. The van der Waals surface area contributed by atoms with Gasteiger partial charge < -0.3 is 4.74 Å². The molecule has 1 aromatic carbocycles. The van der Waals surface area contributed by atoms with Crippen LogP contribution in [-0.2, 0) is 19.4 Å². The lowest BCUT2D eigenvalue weighted by Gasteiger charge is -2.03. The molecule has 0 fully saturated rings. The van der Waals surface area contributed by atoms with Gasteiger partial charge in [0.1, 0.15) is 0 Å². The van der Waals surface area contributed by atoms with Gasteiger partial charge in [-0.15, -0.1) is 0 Å². The van der Waals surface area contributed by atoms with Gasteiger partial charge in [-0.1, -0.05) is 19.1 Å². The predicted octanol–water partition coefficient (Wildman–Crippen LogP) is 1.62. The molecule has 0 saturated carbocycles. The zero-order valence-corrected chi connectivity index (χ0v) is 11.7. The van der Waals surface area contributed by atoms with Crippen LogP contribution in [0.4, 0.5) is 0 Å². The van der Waals surface area contributed by atoms with Gasteiger partial charge in [0.25, 0.3) is 0 Å². The van der Waals surface area contributed by atoms with E-state index >= 15 is 0 Å². The highest BCUT2D eigenvalue weighted by Gasteiger charge is 2.13. The van der Waals surface area contributed by atoms with Crippen LogP contribution in [0.2, 0.25) is 0 Å². The minimum Gasteiger partial charge on any atom is -0.469 e. The second-order valence-corrected chi connectivity index (χ2v) is 6.21. The van der Waals surface area contributed by atoms with Gasteiger partial charge in [-0.2, -0.15) is 0 Å². The first-order valence-corrected chi connectivity index (χ1v) is 7.48. The molecule has 0 heterocycles. The Morgan fingerprint density at radius 1 is 1.11 bits per heavy atom. The molecule has 104 valence electrons. The molecule has 0 radical (unpaired) electrons. The van der Waals surface area contributed by atoms with E-state index in [1.165, 1.54) is 31.4 Å². The quantitative estimate of drug-likeness (QED) is 0.586. The molecular weight excluding hydrogens is 268 g/mol. The summed E-state index contributed by atoms with van der Waals surface area (Å²) in [5.41, 5.74) is 0.388. The van der Waals surface area contributed by atoms with Crippen LogP contribution in [0.1, 0.15) is 30.1 Å². The molecule has 0 spiro atoms. The van der Waals surface area contributed by atoms with E-state index in [4.69, 9.17) is 0 Å². The number of hydrogen-bond acceptors (Lipinski definition) is 5. The van der Waals surface area contributed by atoms with Gasteiger partial charge in [-0.25, -0.2) is 8.42 Å². The third kappa shape index (κ3) is 4.17. The fraction of sp³-hybridized carbons (Fsp3) is 0.385. The Labute approximate surface area is 112 Å². The third-order valence-corrected chi connectivity index (χ3v) is 4.45. The second kappa shape index (κ2) is 6.47. The molecule has 0 aromatic heterocycles. The Kier molecular flexibility index (Phi) is 5.23. The highest BCUT2D eigenvalue weighted by Crippen LogP contribution is 2.14. The largest absolute Gasteiger partial charge is 0.469 e. The number of ketones is 1. The number of hydrogen-bond donors (Lipinski definition) is 0. The number of methoxy groups -OCH3 is 1. The molecule has 0 atom stereocenters. The first kappa shape index (κ1) is 15.4. The highest BCUT2D eigenvalue weighted by atomic mass is 32.2. The standard InChI is InChI=1S/C13H16O5S/c1-3-19(16,17)11-6-4-10(5-7-11)12(14)8-9-13(15)18-2/h4-7H,3,8-9H2,1-2H3. The maximum Gasteiger partial charge on any atom is 0.305 e. The molecule has 0 amide bonds. The fourth-order valence-electron chi connectivity index (χ4n) is 1.48. The zero-order valence-electron chi connectivity index (χ0n) is 10.9. The van der Waals surface area contributed by atoms with Crippen LogP contribution in [0.3, 0.4) is 0 Å². The summed E-state index contributed by atoms with van der Waals surface area (Å²) in [6.45, 7) is 1.56. The smallest absolute Gasteiger partial charge is 0.305 e. The van der Waals surface area contributed by atoms with Crippen molar-refractivity contribution in [1.29, 1.82) is 0 Å². The van der Waals surface area contributed by atoms with Crippen molar-refractivity contribution in [3.63, 3.8) is 0 Å². The molecule has 0 unspecified atom stereocenters. The summed E-state index contributed by atoms with van der Waals surface area (Å²) in [5, 5.41) is 0. The van der Waals surface area contributed by atoms with E-state index in [9.17, 15) is 18.0 Å². The molecule has 5 nitrogen and oxygen atoms in total. The molecule has 1 rings (SSSR count). The zero-order chi connectivity index (χ0) is 14.5. The van der Waals surface area contributed by atoms with E-state index in [0.29, 0.717) is 5.56 Å². The van der Waals surface area contributed by atoms with Crippen LogP contribution < -0.4 is 0 Å². The number of esters is 1. The maximum atomic E-state index is 11.7. The lowest BCUT2D eigenvalue weighted by atomic mass is 10.1. The van der Waals surface area contributed by atoms with Crippen molar-refractivity contribution in [3.05, 3.63) is 29.8 Å². The van der Waals surface area contributed by atoms with Crippen molar-refractivity contribution in [2.75, 3.05) is 12.9 Å². The molecule has 0 aliphatic carbocycles. The lowest BCUT2D eigenvalue weighted by Crippen LogP contribution is -2.07. The van der Waals surface area contributed by atoms with Gasteiger partial charge in [0, 0.05) is 12.0 Å². The first-order chi connectivity index (χ1) is 8.90. The predicted molar refractivity (Wildman–Crippen MR) is 69.7 cm³/mol. The number of sulfone groups is 1. The number of Topliss-reactive ketones (excluding diaryl/α,β-unsaturated/α-hetero) is 1. The molecule has 0 aliphatic heterocycles. The average molecular weight is 284 g/mol. The summed E-state index contributed by atoms with van der Waals surface area (Å²) in [5.74, 6) is -0.646. The van der Waals surface area contributed by atoms with Crippen LogP contribution >= 0.6 is 0 Å². The molecule has 0 N–H and O–H groups in total. The molecule has 0 bridgehead atoms. The number of benzene rings is 1. The number of ether oxygens (including phenoxy) is 1. The SMILES string of the molecule is CCS(=O)(=O)c1ccc(C(=O)CCC(=O)OC)cc1. The Morgan fingerprint density at radius 2 is 1.68 bits per heavy atom. The molecule has 1 aromatic rings. The Hall–Kier alpha value is -1.69. The average Bonchev–Trinajstić information content (AvgIpc) is 2.44. The monoisotopic (exact) mass is 284 g/mol. The van der Waals surface area contributed by atoms with Crippen molar-refractivity contribution < 1.29 is 22.7 Å². The van der Waals surface area contributed by atoms with Crippen molar-refractivity contribution in [2.24, 2.45) is 0 Å². The van der Waals surface area contributed by atoms with Crippen molar-refractivity contribution >= 4 is 21.6 Å². The van der Waals surface area contributed by atoms with Gasteiger partial charge >= 0.3 is 5.97 Å². The number of carbonyl (C=O) groups is 2. The van der Waals surface area contributed by atoms with Gasteiger partial charge in [0.05, 0.1) is 24.2 Å². The molecule has 19 heavy (non-hydrogen) atoms. The highest BCUT2D eigenvalue weighted by molar-refractivity contribution is 7.91. The van der Waals surface area contributed by atoms with E-state index in [-0.39, 0.29) is 29.3 Å². The third-order valence-electron chi connectivity index (χ3n) is 2.70. The fourth-order valence-corrected chi connectivity index (χ4v) is 2.36. The van der Waals surface area contributed by atoms with E-state index in [1.54, 1.807) is 6.92 Å². The summed E-state index contributed by atoms with van der Waals surface area (Å²) in [6, 6.07) is 5.73. The minimum atomic E-state index is -3.26. The van der Waals surface area contributed by atoms with Crippen LogP contribution in [0.25, 0.3) is 0 Å². The van der Waals surface area contributed by atoms with Crippen molar-refractivity contribution in [3.8, 4) is 0 Å². The number of carbonyl (C=O) groups excluding carboxylic acids is 2. The Morgan fingerprint density at radius 3 is 2.16 bits per heavy atom. The molecule has 6 heteroatoms. The van der Waals surface area contributed by atoms with Crippen LogP contribution in [0.15, 0.2) is 29.2 Å². The maximum absolute atomic E-state index is 11.7.